The number of pyridine rings is 1. The summed E-state index contributed by atoms with van der Waals surface area (Å²) in [6.45, 7) is -0.501. The normalized spacial score (nSPS) is 23.0. The van der Waals surface area contributed by atoms with Crippen molar-refractivity contribution in [2.24, 2.45) is 5.41 Å². The van der Waals surface area contributed by atoms with E-state index in [4.69, 9.17) is 9.47 Å². The summed E-state index contributed by atoms with van der Waals surface area (Å²) < 4.78 is 47.6. The minimum Gasteiger partial charge on any atom is -0.468 e. The molecule has 1 saturated heterocycles. The molecule has 1 aliphatic heterocycles. The molecule has 0 bridgehead atoms. The van der Waals surface area contributed by atoms with E-state index in [-0.39, 0.29) is 18.0 Å². The molecule has 0 unspecified atom stereocenters. The molecule has 0 aromatic carbocycles. The van der Waals surface area contributed by atoms with Crippen LogP contribution in [0.2, 0.25) is 0 Å². The maximum Gasteiger partial charge on any atom is 0.422 e. The predicted molar refractivity (Wildman–Crippen MR) is 98.5 cm³/mol. The minimum atomic E-state index is -4.44. The molecule has 6 nitrogen and oxygen atoms in total. The van der Waals surface area contributed by atoms with Crippen LogP contribution >= 0.6 is 0 Å². The molecular weight excluding hydrogens is 387 g/mol. The van der Waals surface area contributed by atoms with Crippen molar-refractivity contribution >= 4 is 6.03 Å². The van der Waals surface area contributed by atoms with E-state index in [0.717, 1.165) is 12.8 Å². The third-order valence-corrected chi connectivity index (χ3v) is 6.48. The third kappa shape index (κ3) is 4.60. The summed E-state index contributed by atoms with van der Waals surface area (Å²) >= 11 is 0. The maximum absolute atomic E-state index is 12.7. The maximum atomic E-state index is 12.7. The highest BCUT2D eigenvalue weighted by Gasteiger charge is 2.49. The Hall–Kier alpha value is -2.03. The van der Waals surface area contributed by atoms with Crippen molar-refractivity contribution < 1.29 is 27.4 Å². The average Bonchev–Trinajstić information content (AvgIpc) is 2.61. The Bertz CT molecular complexity index is 738. The number of nitrogens with zero attached hydrogens (tertiary/aromatic N) is 1. The Morgan fingerprint density at radius 2 is 1.97 bits per heavy atom. The van der Waals surface area contributed by atoms with Crippen molar-refractivity contribution in [1.82, 2.24) is 15.6 Å². The van der Waals surface area contributed by atoms with Crippen LogP contribution in [-0.2, 0) is 10.3 Å². The summed E-state index contributed by atoms with van der Waals surface area (Å²) in [6.07, 6.45) is 3.87. The van der Waals surface area contributed by atoms with E-state index in [1.54, 1.807) is 6.07 Å². The number of halogens is 3. The van der Waals surface area contributed by atoms with E-state index in [9.17, 15) is 18.0 Å². The number of aromatic nitrogens is 1. The van der Waals surface area contributed by atoms with Gasteiger partial charge in [-0.25, -0.2) is 9.78 Å². The molecule has 1 aromatic heterocycles. The molecule has 1 aromatic rings. The van der Waals surface area contributed by atoms with E-state index >= 15 is 0 Å². The number of hydrogen-bond acceptors (Lipinski definition) is 4. The van der Waals surface area contributed by atoms with E-state index in [1.807, 2.05) is 0 Å². The zero-order valence-electron chi connectivity index (χ0n) is 16.2. The van der Waals surface area contributed by atoms with Crippen LogP contribution < -0.4 is 15.4 Å². The van der Waals surface area contributed by atoms with Crippen molar-refractivity contribution in [3.05, 3.63) is 23.9 Å². The van der Waals surface area contributed by atoms with Gasteiger partial charge in [0.25, 0.3) is 0 Å². The molecule has 3 fully saturated rings. The highest BCUT2D eigenvalue weighted by molar-refractivity contribution is 5.75. The number of carbonyl (C=O) groups is 1. The average molecular weight is 413 g/mol. The van der Waals surface area contributed by atoms with Gasteiger partial charge in [-0.1, -0.05) is 6.42 Å². The van der Waals surface area contributed by atoms with Gasteiger partial charge in [0.1, 0.15) is 0 Å². The van der Waals surface area contributed by atoms with Crippen molar-refractivity contribution in [1.29, 1.82) is 0 Å². The molecular formula is C20H26F3N3O3. The van der Waals surface area contributed by atoms with Gasteiger partial charge >= 0.3 is 12.2 Å². The van der Waals surface area contributed by atoms with Gasteiger partial charge in [-0.2, -0.15) is 13.2 Å². The molecule has 29 heavy (non-hydrogen) atoms. The molecule has 2 saturated carbocycles. The second kappa shape index (κ2) is 7.66. The van der Waals surface area contributed by atoms with E-state index < -0.39 is 18.3 Å². The Balaban J connectivity index is 1.43. The summed E-state index contributed by atoms with van der Waals surface area (Å²) in [6, 6.07) is 3.12. The molecule has 160 valence electrons. The molecule has 4 rings (SSSR count). The Kier molecular flexibility index (Phi) is 5.35. The molecule has 9 heteroatoms. The highest BCUT2D eigenvalue weighted by atomic mass is 19.4. The first kappa shape index (κ1) is 20.3. The van der Waals surface area contributed by atoms with E-state index in [0.29, 0.717) is 37.0 Å². The highest BCUT2D eigenvalue weighted by Crippen LogP contribution is 2.55. The molecule has 2 heterocycles. The number of carbonyl (C=O) groups excluding carboxylic acids is 1. The second-order valence-electron chi connectivity index (χ2n) is 8.54. The fourth-order valence-electron chi connectivity index (χ4n) is 4.76. The lowest BCUT2D eigenvalue weighted by Crippen LogP contribution is -2.59. The number of ether oxygens (including phenoxy) is 2. The molecule has 3 aliphatic rings. The van der Waals surface area contributed by atoms with Crippen LogP contribution in [0.15, 0.2) is 18.3 Å². The quantitative estimate of drug-likeness (QED) is 0.773. The summed E-state index contributed by atoms with van der Waals surface area (Å²) in [4.78, 5) is 16.6. The lowest BCUT2D eigenvalue weighted by molar-refractivity contribution is -0.154. The number of urea groups is 1. The first-order valence-corrected chi connectivity index (χ1v) is 10.1. The number of hydrogen-bond donors (Lipinski definition) is 2. The van der Waals surface area contributed by atoms with E-state index in [2.05, 4.69) is 15.6 Å². The van der Waals surface area contributed by atoms with Gasteiger partial charge in [0, 0.05) is 31.5 Å². The van der Waals surface area contributed by atoms with Gasteiger partial charge in [0.15, 0.2) is 6.61 Å². The molecule has 2 aliphatic carbocycles. The Morgan fingerprint density at radius 3 is 2.59 bits per heavy atom. The molecule has 2 amide bonds. The lowest BCUT2D eigenvalue weighted by atomic mass is 9.54. The zero-order chi connectivity index (χ0) is 20.5. The fourth-order valence-corrected chi connectivity index (χ4v) is 4.76. The van der Waals surface area contributed by atoms with Crippen LogP contribution in [-0.4, -0.2) is 43.1 Å². The monoisotopic (exact) mass is 413 g/mol. The van der Waals surface area contributed by atoms with Crippen LogP contribution in [0.4, 0.5) is 18.0 Å². The lowest BCUT2D eigenvalue weighted by Gasteiger charge is -2.54. The SMILES string of the molecule is O=C(NC1CC2(CCC2)C1)NC1(c2ccnc(OCC(F)(F)F)c2)CCOCC1. The topological polar surface area (TPSA) is 72.5 Å². The number of alkyl halides is 3. The van der Waals surface area contributed by atoms with Crippen LogP contribution in [0.25, 0.3) is 0 Å². The van der Waals surface area contributed by atoms with Gasteiger partial charge < -0.3 is 20.1 Å². The summed E-state index contributed by atoms with van der Waals surface area (Å²) in [5.41, 5.74) is 0.413. The second-order valence-corrected chi connectivity index (χ2v) is 8.54. The minimum absolute atomic E-state index is 0.112. The molecule has 2 N–H and O–H groups in total. The van der Waals surface area contributed by atoms with Crippen LogP contribution in [0, 0.1) is 5.41 Å². The Morgan fingerprint density at radius 1 is 1.24 bits per heavy atom. The van der Waals surface area contributed by atoms with E-state index in [1.165, 1.54) is 31.5 Å². The zero-order valence-corrected chi connectivity index (χ0v) is 16.2. The van der Waals surface area contributed by atoms with Gasteiger partial charge in [-0.05, 0) is 55.6 Å². The predicted octanol–water partition coefficient (Wildman–Crippen LogP) is 3.66. The third-order valence-electron chi connectivity index (χ3n) is 6.48. The molecule has 0 atom stereocenters. The van der Waals surface area contributed by atoms with Crippen molar-refractivity contribution in [3.63, 3.8) is 0 Å². The number of amides is 2. The summed E-state index contributed by atoms with van der Waals surface area (Å²) in [7, 11) is 0. The number of nitrogens with one attached hydrogen (secondary N) is 2. The van der Waals surface area contributed by atoms with Gasteiger partial charge in [0.2, 0.25) is 5.88 Å². The molecule has 0 radical (unpaired) electrons. The van der Waals surface area contributed by atoms with Crippen LogP contribution in [0.1, 0.15) is 50.5 Å². The van der Waals surface area contributed by atoms with Crippen molar-refractivity contribution in [2.45, 2.75) is 62.7 Å². The van der Waals surface area contributed by atoms with Crippen LogP contribution in [0.5, 0.6) is 5.88 Å². The molecule has 1 spiro atoms. The van der Waals surface area contributed by atoms with Gasteiger partial charge in [0.05, 0.1) is 5.54 Å². The first-order valence-electron chi connectivity index (χ1n) is 10.1. The van der Waals surface area contributed by atoms with Crippen LogP contribution in [0.3, 0.4) is 0 Å². The summed E-state index contributed by atoms with van der Waals surface area (Å²) in [5.74, 6) is -0.112. The van der Waals surface area contributed by atoms with Gasteiger partial charge in [-0.15, -0.1) is 0 Å². The van der Waals surface area contributed by atoms with Crippen molar-refractivity contribution in [2.75, 3.05) is 19.8 Å². The van der Waals surface area contributed by atoms with Gasteiger partial charge in [-0.3, -0.25) is 0 Å². The van der Waals surface area contributed by atoms with Crippen molar-refractivity contribution in [3.8, 4) is 5.88 Å². The largest absolute Gasteiger partial charge is 0.468 e. The number of rotatable bonds is 5. The fraction of sp³-hybridized carbons (Fsp3) is 0.700. The standard InChI is InChI=1S/C20H26F3N3O3/c21-20(22,23)13-29-16-10-14(2-7-24-16)19(5-8-28-9-6-19)26-17(27)25-15-11-18(12-15)3-1-4-18/h2,7,10,15H,1,3-6,8-9,11-13H2,(H2,25,26,27). The first-order chi connectivity index (χ1) is 13.8. The Labute approximate surface area is 167 Å². The smallest absolute Gasteiger partial charge is 0.422 e. The summed E-state index contributed by atoms with van der Waals surface area (Å²) in [5, 5.41) is 6.13.